The van der Waals surface area contributed by atoms with Gasteiger partial charge in [-0.1, -0.05) is 12.2 Å². The topological polar surface area (TPSA) is 65.0 Å². The van der Waals surface area contributed by atoms with Crippen LogP contribution in [-0.4, -0.2) is 32.4 Å². The Morgan fingerprint density at radius 2 is 1.68 bits per heavy atom. The van der Waals surface area contributed by atoms with Crippen LogP contribution >= 0.6 is 0 Å². The number of carboxylic acid groups (broad SMARTS) is 1. The molecule has 0 bridgehead atoms. The Kier molecular flexibility index (Phi) is 5.73. The lowest BCUT2D eigenvalue weighted by Crippen LogP contribution is -1.94. The minimum absolute atomic E-state index is 0.103. The zero-order valence-electron chi connectivity index (χ0n) is 11.3. The standard InChI is InChI=1S/C14H18O5/c1-17-11-9-13(19-3)12(18-2)8-10(11)6-4-5-7-14(15)16/h4,6,8-9H,5,7H2,1-3H3,(H,15,16). The number of allylic oxidation sites excluding steroid dienone is 1. The molecule has 0 aromatic heterocycles. The van der Waals surface area contributed by atoms with E-state index < -0.39 is 5.97 Å². The molecule has 104 valence electrons. The quantitative estimate of drug-likeness (QED) is 0.821. The molecule has 19 heavy (non-hydrogen) atoms. The fraction of sp³-hybridized carbons (Fsp3) is 0.357. The van der Waals surface area contributed by atoms with Gasteiger partial charge in [0, 0.05) is 18.1 Å². The molecule has 0 aliphatic carbocycles. The molecule has 0 unspecified atom stereocenters. The summed E-state index contributed by atoms with van der Waals surface area (Å²) in [5, 5.41) is 8.57. The zero-order valence-corrected chi connectivity index (χ0v) is 11.3. The molecule has 0 heterocycles. The largest absolute Gasteiger partial charge is 0.496 e. The predicted octanol–water partition coefficient (Wildman–Crippen LogP) is 2.59. The Hall–Kier alpha value is -2.17. The van der Waals surface area contributed by atoms with Gasteiger partial charge in [0.1, 0.15) is 5.75 Å². The molecule has 0 aliphatic heterocycles. The SMILES string of the molecule is COc1cc(OC)c(OC)cc1C=CCCC(=O)O. The van der Waals surface area contributed by atoms with E-state index in [9.17, 15) is 4.79 Å². The van der Waals surface area contributed by atoms with Crippen molar-refractivity contribution in [1.29, 1.82) is 0 Å². The number of benzene rings is 1. The number of ether oxygens (including phenoxy) is 3. The number of carboxylic acids is 1. The Balaban J connectivity index is 2.95. The van der Waals surface area contributed by atoms with Gasteiger partial charge in [-0.3, -0.25) is 4.79 Å². The smallest absolute Gasteiger partial charge is 0.303 e. The first-order valence-electron chi connectivity index (χ1n) is 5.80. The van der Waals surface area contributed by atoms with E-state index in [0.29, 0.717) is 23.7 Å². The van der Waals surface area contributed by atoms with Crippen LogP contribution < -0.4 is 14.2 Å². The van der Waals surface area contributed by atoms with E-state index >= 15 is 0 Å². The van der Waals surface area contributed by atoms with Crippen LogP contribution in [-0.2, 0) is 4.79 Å². The second-order valence-corrected chi connectivity index (χ2v) is 3.78. The van der Waals surface area contributed by atoms with Crippen LogP contribution in [0.2, 0.25) is 0 Å². The van der Waals surface area contributed by atoms with Crippen molar-refractivity contribution >= 4 is 12.0 Å². The summed E-state index contributed by atoms with van der Waals surface area (Å²) in [7, 11) is 4.68. The van der Waals surface area contributed by atoms with Gasteiger partial charge in [0.2, 0.25) is 0 Å². The first kappa shape index (κ1) is 14.9. The predicted molar refractivity (Wildman–Crippen MR) is 72.0 cm³/mol. The van der Waals surface area contributed by atoms with Crippen molar-refractivity contribution in [2.45, 2.75) is 12.8 Å². The first-order chi connectivity index (χ1) is 9.12. The summed E-state index contributed by atoms with van der Waals surface area (Å²) in [5.74, 6) is 1.01. The van der Waals surface area contributed by atoms with Crippen molar-refractivity contribution < 1.29 is 24.1 Å². The molecule has 5 nitrogen and oxygen atoms in total. The van der Waals surface area contributed by atoms with Crippen LogP contribution in [0.4, 0.5) is 0 Å². The van der Waals surface area contributed by atoms with Crippen LogP contribution in [0.15, 0.2) is 18.2 Å². The van der Waals surface area contributed by atoms with Crippen LogP contribution in [0.1, 0.15) is 18.4 Å². The minimum atomic E-state index is -0.816. The normalized spacial score (nSPS) is 10.5. The maximum absolute atomic E-state index is 10.4. The number of hydrogen-bond acceptors (Lipinski definition) is 4. The van der Waals surface area contributed by atoms with E-state index in [1.165, 1.54) is 0 Å². The number of aliphatic carboxylic acids is 1. The van der Waals surface area contributed by atoms with Gasteiger partial charge in [-0.2, -0.15) is 0 Å². The molecule has 0 spiro atoms. The molecule has 0 saturated carbocycles. The van der Waals surface area contributed by atoms with Gasteiger partial charge in [-0.25, -0.2) is 0 Å². The van der Waals surface area contributed by atoms with Gasteiger partial charge >= 0.3 is 5.97 Å². The van der Waals surface area contributed by atoms with Crippen LogP contribution in [0.3, 0.4) is 0 Å². The van der Waals surface area contributed by atoms with Crippen LogP contribution in [0, 0.1) is 0 Å². The van der Waals surface area contributed by atoms with E-state index in [-0.39, 0.29) is 6.42 Å². The summed E-state index contributed by atoms with van der Waals surface area (Å²) >= 11 is 0. The molecule has 1 N–H and O–H groups in total. The molecule has 5 heteroatoms. The van der Waals surface area contributed by atoms with Crippen molar-refractivity contribution in [2.75, 3.05) is 21.3 Å². The maximum Gasteiger partial charge on any atom is 0.303 e. The summed E-state index contributed by atoms with van der Waals surface area (Å²) < 4.78 is 15.7. The van der Waals surface area contributed by atoms with E-state index in [0.717, 1.165) is 5.56 Å². The van der Waals surface area contributed by atoms with E-state index in [1.807, 2.05) is 6.08 Å². The molecule has 1 rings (SSSR count). The Morgan fingerprint density at radius 3 is 2.21 bits per heavy atom. The molecule has 1 aromatic rings. The molecule has 1 aromatic carbocycles. The highest BCUT2D eigenvalue weighted by molar-refractivity contribution is 5.67. The van der Waals surface area contributed by atoms with Crippen molar-refractivity contribution in [1.82, 2.24) is 0 Å². The number of methoxy groups -OCH3 is 3. The van der Waals surface area contributed by atoms with Crippen LogP contribution in [0.5, 0.6) is 17.2 Å². The number of hydrogen-bond donors (Lipinski definition) is 1. The fourth-order valence-corrected chi connectivity index (χ4v) is 1.60. The summed E-state index contributed by atoms with van der Waals surface area (Å²) in [6, 6.07) is 3.52. The summed E-state index contributed by atoms with van der Waals surface area (Å²) in [6.07, 6.45) is 4.17. The first-order valence-corrected chi connectivity index (χ1v) is 5.80. The lowest BCUT2D eigenvalue weighted by atomic mass is 10.1. The van der Waals surface area contributed by atoms with E-state index in [4.69, 9.17) is 19.3 Å². The average Bonchev–Trinajstić information content (AvgIpc) is 2.42. The van der Waals surface area contributed by atoms with Gasteiger partial charge < -0.3 is 19.3 Å². The third kappa shape index (κ3) is 4.21. The second-order valence-electron chi connectivity index (χ2n) is 3.78. The molecular weight excluding hydrogens is 248 g/mol. The third-order valence-electron chi connectivity index (χ3n) is 2.56. The third-order valence-corrected chi connectivity index (χ3v) is 2.56. The van der Waals surface area contributed by atoms with E-state index in [1.54, 1.807) is 39.5 Å². The Labute approximate surface area is 112 Å². The molecule has 0 radical (unpaired) electrons. The Bertz CT molecular complexity index is 465. The fourth-order valence-electron chi connectivity index (χ4n) is 1.60. The van der Waals surface area contributed by atoms with Gasteiger partial charge in [0.15, 0.2) is 11.5 Å². The summed E-state index contributed by atoms with van der Waals surface area (Å²) in [5.41, 5.74) is 0.811. The highest BCUT2D eigenvalue weighted by Gasteiger charge is 2.09. The van der Waals surface area contributed by atoms with Gasteiger partial charge in [-0.05, 0) is 12.5 Å². The average molecular weight is 266 g/mol. The maximum atomic E-state index is 10.4. The molecule has 0 saturated heterocycles. The zero-order chi connectivity index (χ0) is 14.3. The minimum Gasteiger partial charge on any atom is -0.496 e. The monoisotopic (exact) mass is 266 g/mol. The number of carbonyl (C=O) groups is 1. The van der Waals surface area contributed by atoms with Crippen molar-refractivity contribution in [3.8, 4) is 17.2 Å². The highest BCUT2D eigenvalue weighted by Crippen LogP contribution is 2.35. The van der Waals surface area contributed by atoms with Gasteiger partial charge in [0.05, 0.1) is 21.3 Å². The van der Waals surface area contributed by atoms with Gasteiger partial charge in [0.25, 0.3) is 0 Å². The molecule has 0 amide bonds. The molecule has 0 fully saturated rings. The second kappa shape index (κ2) is 7.31. The van der Waals surface area contributed by atoms with E-state index in [2.05, 4.69) is 0 Å². The van der Waals surface area contributed by atoms with Crippen LogP contribution in [0.25, 0.3) is 6.08 Å². The summed E-state index contributed by atoms with van der Waals surface area (Å²) in [6.45, 7) is 0. The van der Waals surface area contributed by atoms with Crippen molar-refractivity contribution in [3.63, 3.8) is 0 Å². The Morgan fingerprint density at radius 1 is 1.11 bits per heavy atom. The summed E-state index contributed by atoms with van der Waals surface area (Å²) in [4.78, 5) is 10.4. The highest BCUT2D eigenvalue weighted by atomic mass is 16.5. The lowest BCUT2D eigenvalue weighted by Gasteiger charge is -2.12. The molecular formula is C14H18O5. The van der Waals surface area contributed by atoms with Crippen molar-refractivity contribution in [3.05, 3.63) is 23.8 Å². The molecule has 0 atom stereocenters. The lowest BCUT2D eigenvalue weighted by molar-refractivity contribution is -0.136. The molecule has 0 aliphatic rings. The van der Waals surface area contributed by atoms with Gasteiger partial charge in [-0.15, -0.1) is 0 Å². The number of rotatable bonds is 7. The van der Waals surface area contributed by atoms with Crippen molar-refractivity contribution in [2.24, 2.45) is 0 Å².